The van der Waals surface area contributed by atoms with Crippen LogP contribution in [0.4, 0.5) is 0 Å². The molecule has 0 aromatic heterocycles. The lowest BCUT2D eigenvalue weighted by molar-refractivity contribution is -0.131. The molecule has 0 aliphatic rings. The summed E-state index contributed by atoms with van der Waals surface area (Å²) in [6, 6.07) is 7.44. The number of hydrogen-bond donors (Lipinski definition) is 1. The van der Waals surface area contributed by atoms with Crippen molar-refractivity contribution in [3.05, 3.63) is 35.9 Å². The van der Waals surface area contributed by atoms with Gasteiger partial charge in [0.1, 0.15) is 5.75 Å². The van der Waals surface area contributed by atoms with Gasteiger partial charge in [-0.2, -0.15) is 0 Å². The van der Waals surface area contributed by atoms with Crippen molar-refractivity contribution in [2.45, 2.75) is 39.0 Å². The fourth-order valence-electron chi connectivity index (χ4n) is 1.74. The van der Waals surface area contributed by atoms with E-state index in [1.54, 1.807) is 6.08 Å². The molecule has 19 heavy (non-hydrogen) atoms. The maximum absolute atomic E-state index is 10.4. The summed E-state index contributed by atoms with van der Waals surface area (Å²) in [5.74, 6) is -0.102. The molecule has 0 aliphatic carbocycles. The van der Waals surface area contributed by atoms with Crippen molar-refractivity contribution in [2.24, 2.45) is 0 Å². The normalized spacial score (nSPS) is 10.8. The van der Waals surface area contributed by atoms with E-state index in [-0.39, 0.29) is 0 Å². The molecule has 1 aromatic carbocycles. The Bertz CT molecular complexity index is 393. The number of carboxylic acids is 1. The first-order valence-electron chi connectivity index (χ1n) is 6.86. The van der Waals surface area contributed by atoms with Crippen molar-refractivity contribution in [2.75, 3.05) is 6.61 Å². The van der Waals surface area contributed by atoms with Gasteiger partial charge in [-0.15, -0.1) is 0 Å². The van der Waals surface area contributed by atoms with Crippen LogP contribution in [-0.2, 0) is 4.79 Å². The highest BCUT2D eigenvalue weighted by molar-refractivity contribution is 5.85. The van der Waals surface area contributed by atoms with Gasteiger partial charge in [0.25, 0.3) is 0 Å². The molecule has 0 saturated carbocycles. The fourth-order valence-corrected chi connectivity index (χ4v) is 1.74. The van der Waals surface area contributed by atoms with Gasteiger partial charge in [0.2, 0.25) is 0 Å². The summed E-state index contributed by atoms with van der Waals surface area (Å²) in [6.07, 6.45) is 8.82. The van der Waals surface area contributed by atoms with E-state index in [0.717, 1.165) is 30.4 Å². The van der Waals surface area contributed by atoms with Crippen LogP contribution in [0.3, 0.4) is 0 Å². The lowest BCUT2D eigenvalue weighted by Gasteiger charge is -2.06. The quantitative estimate of drug-likeness (QED) is 0.537. The predicted molar refractivity (Wildman–Crippen MR) is 77.4 cm³/mol. The minimum atomic E-state index is -0.938. The monoisotopic (exact) mass is 262 g/mol. The zero-order valence-electron chi connectivity index (χ0n) is 11.5. The van der Waals surface area contributed by atoms with E-state index < -0.39 is 5.97 Å². The maximum atomic E-state index is 10.4. The average Bonchev–Trinajstić information content (AvgIpc) is 2.41. The van der Waals surface area contributed by atoms with E-state index in [1.807, 2.05) is 24.3 Å². The molecule has 3 nitrogen and oxygen atoms in total. The van der Waals surface area contributed by atoms with Gasteiger partial charge in [0, 0.05) is 6.08 Å². The molecule has 0 saturated heterocycles. The number of hydrogen-bond acceptors (Lipinski definition) is 2. The molecule has 0 fully saturated rings. The fraction of sp³-hybridized carbons (Fsp3) is 0.438. The number of unbranched alkanes of at least 4 members (excludes halogenated alkanes) is 4. The zero-order chi connectivity index (χ0) is 13.9. The summed E-state index contributed by atoms with van der Waals surface area (Å²) in [5.41, 5.74) is 0.859. The minimum Gasteiger partial charge on any atom is -0.494 e. The van der Waals surface area contributed by atoms with Crippen LogP contribution in [-0.4, -0.2) is 17.7 Å². The number of benzene rings is 1. The van der Waals surface area contributed by atoms with Gasteiger partial charge in [-0.25, -0.2) is 4.79 Å². The average molecular weight is 262 g/mol. The smallest absolute Gasteiger partial charge is 0.328 e. The van der Waals surface area contributed by atoms with E-state index >= 15 is 0 Å². The largest absolute Gasteiger partial charge is 0.494 e. The predicted octanol–water partition coefficient (Wildman–Crippen LogP) is 4.13. The first-order valence-corrected chi connectivity index (χ1v) is 6.86. The summed E-state index contributed by atoms with van der Waals surface area (Å²) < 4.78 is 5.63. The maximum Gasteiger partial charge on any atom is 0.328 e. The highest BCUT2D eigenvalue weighted by atomic mass is 16.5. The molecule has 0 heterocycles. The van der Waals surface area contributed by atoms with Gasteiger partial charge in [0.15, 0.2) is 0 Å². The lowest BCUT2D eigenvalue weighted by Crippen LogP contribution is -1.97. The molecule has 0 aliphatic heterocycles. The summed E-state index contributed by atoms with van der Waals surface area (Å²) >= 11 is 0. The molecule has 1 N–H and O–H groups in total. The van der Waals surface area contributed by atoms with Crippen LogP contribution in [0.1, 0.15) is 44.6 Å². The Morgan fingerprint density at radius 2 is 1.84 bits per heavy atom. The summed E-state index contributed by atoms with van der Waals surface area (Å²) in [5, 5.41) is 8.52. The number of carboxylic acid groups (broad SMARTS) is 1. The summed E-state index contributed by atoms with van der Waals surface area (Å²) in [4.78, 5) is 10.4. The Morgan fingerprint density at radius 3 is 2.47 bits per heavy atom. The Morgan fingerprint density at radius 1 is 1.16 bits per heavy atom. The third-order valence-electron chi connectivity index (χ3n) is 2.82. The van der Waals surface area contributed by atoms with E-state index in [1.165, 1.54) is 25.7 Å². The van der Waals surface area contributed by atoms with Crippen LogP contribution in [0.25, 0.3) is 6.08 Å². The highest BCUT2D eigenvalue weighted by Gasteiger charge is 1.95. The standard InChI is InChI=1S/C16H22O3/c1-2-3-4-5-6-13-19-15-10-7-14(8-11-15)9-12-16(17)18/h7-12H,2-6,13H2,1H3,(H,17,18)/b12-9+. The summed E-state index contributed by atoms with van der Waals surface area (Å²) in [7, 11) is 0. The van der Waals surface area contributed by atoms with E-state index in [4.69, 9.17) is 9.84 Å². The molecular weight excluding hydrogens is 240 g/mol. The second-order valence-corrected chi connectivity index (χ2v) is 4.50. The second kappa shape index (κ2) is 9.20. The summed E-state index contributed by atoms with van der Waals surface area (Å²) in [6.45, 7) is 2.95. The third kappa shape index (κ3) is 7.29. The minimum absolute atomic E-state index is 0.744. The molecule has 0 radical (unpaired) electrons. The van der Waals surface area contributed by atoms with Crippen LogP contribution in [0.2, 0.25) is 0 Å². The third-order valence-corrected chi connectivity index (χ3v) is 2.82. The SMILES string of the molecule is CCCCCCCOc1ccc(/C=C/C(=O)O)cc1. The van der Waals surface area contributed by atoms with Crippen molar-refractivity contribution in [3.63, 3.8) is 0 Å². The Hall–Kier alpha value is -1.77. The van der Waals surface area contributed by atoms with E-state index in [2.05, 4.69) is 6.92 Å². The molecule has 0 unspecified atom stereocenters. The molecule has 104 valence electrons. The molecule has 0 amide bonds. The van der Waals surface area contributed by atoms with E-state index in [0.29, 0.717) is 0 Å². The number of ether oxygens (including phenoxy) is 1. The first kappa shape index (κ1) is 15.3. The van der Waals surface area contributed by atoms with Crippen LogP contribution < -0.4 is 4.74 Å². The zero-order valence-corrected chi connectivity index (χ0v) is 11.5. The van der Waals surface area contributed by atoms with Crippen molar-refractivity contribution in [1.82, 2.24) is 0 Å². The van der Waals surface area contributed by atoms with Gasteiger partial charge < -0.3 is 9.84 Å². The van der Waals surface area contributed by atoms with Gasteiger partial charge in [-0.05, 0) is 30.2 Å². The highest BCUT2D eigenvalue weighted by Crippen LogP contribution is 2.14. The van der Waals surface area contributed by atoms with Gasteiger partial charge in [-0.1, -0.05) is 44.7 Å². The Labute approximate surface area is 114 Å². The molecule has 0 atom stereocenters. The van der Waals surface area contributed by atoms with Crippen molar-refractivity contribution < 1.29 is 14.6 Å². The van der Waals surface area contributed by atoms with Crippen LogP contribution in [0.15, 0.2) is 30.3 Å². The van der Waals surface area contributed by atoms with Crippen molar-refractivity contribution in [1.29, 1.82) is 0 Å². The first-order chi connectivity index (χ1) is 9.22. The second-order valence-electron chi connectivity index (χ2n) is 4.50. The van der Waals surface area contributed by atoms with Crippen LogP contribution in [0, 0.1) is 0 Å². The van der Waals surface area contributed by atoms with Crippen molar-refractivity contribution >= 4 is 12.0 Å². The van der Waals surface area contributed by atoms with Gasteiger partial charge in [0.05, 0.1) is 6.61 Å². The molecule has 0 spiro atoms. The molecule has 0 bridgehead atoms. The van der Waals surface area contributed by atoms with Gasteiger partial charge >= 0.3 is 5.97 Å². The topological polar surface area (TPSA) is 46.5 Å². The molecule has 1 rings (SSSR count). The van der Waals surface area contributed by atoms with E-state index in [9.17, 15) is 4.79 Å². The number of carbonyl (C=O) groups is 1. The Kier molecular flexibility index (Phi) is 7.40. The van der Waals surface area contributed by atoms with Gasteiger partial charge in [-0.3, -0.25) is 0 Å². The van der Waals surface area contributed by atoms with Crippen LogP contribution in [0.5, 0.6) is 5.75 Å². The number of aliphatic carboxylic acids is 1. The number of rotatable bonds is 9. The van der Waals surface area contributed by atoms with Crippen molar-refractivity contribution in [3.8, 4) is 5.75 Å². The molecular formula is C16H22O3. The molecule has 1 aromatic rings. The lowest BCUT2D eigenvalue weighted by atomic mass is 10.2. The molecule has 3 heteroatoms. The Balaban J connectivity index is 2.26. The van der Waals surface area contributed by atoms with Crippen LogP contribution >= 0.6 is 0 Å².